The molecule has 0 aliphatic carbocycles. The minimum absolute atomic E-state index is 0.230. The SMILES string of the molecule is COc1ccc(NC(=O)c2cnc(Nc3ccccc3Br)cn2)cc1. The van der Waals surface area contributed by atoms with Crippen LogP contribution in [0.5, 0.6) is 5.75 Å². The summed E-state index contributed by atoms with van der Waals surface area (Å²) in [5.41, 5.74) is 1.75. The fraction of sp³-hybridized carbons (Fsp3) is 0.0556. The van der Waals surface area contributed by atoms with Crippen LogP contribution < -0.4 is 15.4 Å². The maximum Gasteiger partial charge on any atom is 0.275 e. The van der Waals surface area contributed by atoms with Crippen molar-refractivity contribution >= 4 is 39.0 Å². The van der Waals surface area contributed by atoms with E-state index in [1.54, 1.807) is 31.4 Å². The maximum absolute atomic E-state index is 12.2. The fourth-order valence-electron chi connectivity index (χ4n) is 2.08. The molecule has 0 bridgehead atoms. The summed E-state index contributed by atoms with van der Waals surface area (Å²) < 4.78 is 6.00. The Morgan fingerprint density at radius 2 is 1.80 bits per heavy atom. The molecular weight excluding hydrogens is 384 g/mol. The van der Waals surface area contributed by atoms with Crippen molar-refractivity contribution < 1.29 is 9.53 Å². The van der Waals surface area contributed by atoms with Crippen LogP contribution in [0.15, 0.2) is 65.4 Å². The first kappa shape index (κ1) is 16.9. The lowest BCUT2D eigenvalue weighted by molar-refractivity contribution is 0.102. The van der Waals surface area contributed by atoms with Gasteiger partial charge in [-0.1, -0.05) is 12.1 Å². The minimum Gasteiger partial charge on any atom is -0.497 e. The summed E-state index contributed by atoms with van der Waals surface area (Å²) in [6, 6.07) is 14.7. The van der Waals surface area contributed by atoms with Crippen molar-refractivity contribution in [3.8, 4) is 5.75 Å². The molecule has 0 radical (unpaired) electrons. The summed E-state index contributed by atoms with van der Waals surface area (Å²) in [4.78, 5) is 20.6. The molecule has 0 spiro atoms. The molecule has 3 aromatic rings. The van der Waals surface area contributed by atoms with Gasteiger partial charge >= 0.3 is 0 Å². The molecule has 0 aliphatic rings. The van der Waals surface area contributed by atoms with E-state index in [1.807, 2.05) is 24.3 Å². The van der Waals surface area contributed by atoms with Crippen LogP contribution in [0.1, 0.15) is 10.5 Å². The van der Waals surface area contributed by atoms with Gasteiger partial charge in [0.05, 0.1) is 25.2 Å². The third-order valence-corrected chi connectivity index (χ3v) is 4.06. The van der Waals surface area contributed by atoms with Gasteiger partial charge in [-0.2, -0.15) is 0 Å². The Morgan fingerprint density at radius 3 is 2.44 bits per heavy atom. The molecule has 6 nitrogen and oxygen atoms in total. The Bertz CT molecular complexity index is 867. The second-order valence-corrected chi connectivity index (χ2v) is 5.93. The van der Waals surface area contributed by atoms with Gasteiger partial charge in [0.25, 0.3) is 5.91 Å². The van der Waals surface area contributed by atoms with Gasteiger partial charge < -0.3 is 15.4 Å². The molecule has 2 N–H and O–H groups in total. The monoisotopic (exact) mass is 398 g/mol. The number of nitrogens with zero attached hydrogens (tertiary/aromatic N) is 2. The van der Waals surface area contributed by atoms with Gasteiger partial charge in [0.15, 0.2) is 0 Å². The fourth-order valence-corrected chi connectivity index (χ4v) is 2.46. The molecule has 0 fully saturated rings. The van der Waals surface area contributed by atoms with Gasteiger partial charge in [0.2, 0.25) is 0 Å². The number of benzene rings is 2. The maximum atomic E-state index is 12.2. The highest BCUT2D eigenvalue weighted by Gasteiger charge is 2.09. The average molecular weight is 399 g/mol. The first-order valence-electron chi connectivity index (χ1n) is 7.45. The molecule has 7 heteroatoms. The first-order chi connectivity index (χ1) is 12.2. The highest BCUT2D eigenvalue weighted by atomic mass is 79.9. The van der Waals surface area contributed by atoms with E-state index in [-0.39, 0.29) is 11.6 Å². The van der Waals surface area contributed by atoms with E-state index < -0.39 is 0 Å². The number of amides is 1. The summed E-state index contributed by atoms with van der Waals surface area (Å²) in [5, 5.41) is 5.90. The van der Waals surface area contributed by atoms with Crippen molar-refractivity contribution in [3.63, 3.8) is 0 Å². The number of rotatable bonds is 5. The molecule has 1 amide bonds. The number of halogens is 1. The number of anilines is 3. The lowest BCUT2D eigenvalue weighted by Gasteiger charge is -2.08. The van der Waals surface area contributed by atoms with E-state index in [9.17, 15) is 4.79 Å². The highest BCUT2D eigenvalue weighted by Crippen LogP contribution is 2.24. The topological polar surface area (TPSA) is 76.1 Å². The van der Waals surface area contributed by atoms with Crippen molar-refractivity contribution in [2.75, 3.05) is 17.7 Å². The van der Waals surface area contributed by atoms with E-state index in [4.69, 9.17) is 4.74 Å². The summed E-state index contributed by atoms with van der Waals surface area (Å²) in [6.07, 6.45) is 2.94. The number of para-hydroxylation sites is 1. The Hall–Kier alpha value is -2.93. The number of hydrogen-bond donors (Lipinski definition) is 2. The molecule has 0 aliphatic heterocycles. The minimum atomic E-state index is -0.329. The number of aromatic nitrogens is 2. The van der Waals surface area contributed by atoms with Crippen molar-refractivity contribution in [1.29, 1.82) is 0 Å². The molecule has 25 heavy (non-hydrogen) atoms. The summed E-state index contributed by atoms with van der Waals surface area (Å²) in [7, 11) is 1.59. The number of carbonyl (C=O) groups is 1. The van der Waals surface area contributed by atoms with Crippen molar-refractivity contribution in [3.05, 3.63) is 71.1 Å². The number of nitrogens with one attached hydrogen (secondary N) is 2. The lowest BCUT2D eigenvalue weighted by atomic mass is 10.3. The number of carbonyl (C=O) groups excluding carboxylic acids is 1. The molecule has 0 unspecified atom stereocenters. The van der Waals surface area contributed by atoms with E-state index in [0.29, 0.717) is 11.5 Å². The molecule has 0 saturated carbocycles. The van der Waals surface area contributed by atoms with Crippen molar-refractivity contribution in [2.24, 2.45) is 0 Å². The molecule has 126 valence electrons. The molecular formula is C18H15BrN4O2. The Morgan fingerprint density at radius 1 is 1.04 bits per heavy atom. The summed E-state index contributed by atoms with van der Waals surface area (Å²) in [5.74, 6) is 0.943. The lowest BCUT2D eigenvalue weighted by Crippen LogP contribution is -2.14. The van der Waals surface area contributed by atoms with Crippen LogP contribution in [0.4, 0.5) is 17.2 Å². The number of hydrogen-bond acceptors (Lipinski definition) is 5. The standard InChI is InChI=1S/C18H15BrN4O2/c1-25-13-8-6-12(7-9-13)22-18(24)16-10-21-17(11-20-16)23-15-5-3-2-4-14(15)19/h2-11H,1H3,(H,21,23)(H,22,24). The van der Waals surface area contributed by atoms with Crippen molar-refractivity contribution in [2.45, 2.75) is 0 Å². The summed E-state index contributed by atoms with van der Waals surface area (Å²) >= 11 is 3.46. The van der Waals surface area contributed by atoms with Gasteiger partial charge in [0.1, 0.15) is 17.3 Å². The van der Waals surface area contributed by atoms with E-state index in [0.717, 1.165) is 15.9 Å². The predicted octanol–water partition coefficient (Wildman–Crippen LogP) is 4.24. The van der Waals surface area contributed by atoms with Crippen LogP contribution in [0.3, 0.4) is 0 Å². The van der Waals surface area contributed by atoms with Gasteiger partial charge in [-0.15, -0.1) is 0 Å². The zero-order valence-electron chi connectivity index (χ0n) is 13.4. The van der Waals surface area contributed by atoms with Crippen molar-refractivity contribution in [1.82, 2.24) is 9.97 Å². The Balaban J connectivity index is 1.66. The smallest absolute Gasteiger partial charge is 0.275 e. The molecule has 3 rings (SSSR count). The van der Waals surface area contributed by atoms with Crippen LogP contribution in [-0.2, 0) is 0 Å². The highest BCUT2D eigenvalue weighted by molar-refractivity contribution is 9.10. The predicted molar refractivity (Wildman–Crippen MR) is 100 cm³/mol. The van der Waals surface area contributed by atoms with Crippen LogP contribution in [0.25, 0.3) is 0 Å². The quantitative estimate of drug-likeness (QED) is 0.671. The molecule has 0 saturated heterocycles. The number of ether oxygens (including phenoxy) is 1. The molecule has 0 atom stereocenters. The summed E-state index contributed by atoms with van der Waals surface area (Å²) in [6.45, 7) is 0. The van der Waals surface area contributed by atoms with Gasteiger partial charge in [0, 0.05) is 10.2 Å². The Kier molecular flexibility index (Phi) is 5.25. The number of methoxy groups -OCH3 is 1. The first-order valence-corrected chi connectivity index (χ1v) is 8.24. The second-order valence-electron chi connectivity index (χ2n) is 5.07. The molecule has 1 heterocycles. The zero-order chi connectivity index (χ0) is 17.6. The van der Waals surface area contributed by atoms with Gasteiger partial charge in [-0.3, -0.25) is 4.79 Å². The third kappa shape index (κ3) is 4.33. The normalized spacial score (nSPS) is 10.2. The van der Waals surface area contributed by atoms with E-state index in [2.05, 4.69) is 36.5 Å². The third-order valence-electron chi connectivity index (χ3n) is 3.37. The average Bonchev–Trinajstić information content (AvgIpc) is 2.65. The van der Waals surface area contributed by atoms with E-state index in [1.165, 1.54) is 12.4 Å². The van der Waals surface area contributed by atoms with E-state index >= 15 is 0 Å². The second kappa shape index (κ2) is 7.76. The molecule has 1 aromatic heterocycles. The Labute approximate surface area is 153 Å². The van der Waals surface area contributed by atoms with Crippen LogP contribution >= 0.6 is 15.9 Å². The van der Waals surface area contributed by atoms with Crippen LogP contribution in [-0.4, -0.2) is 23.0 Å². The van der Waals surface area contributed by atoms with Crippen LogP contribution in [0.2, 0.25) is 0 Å². The zero-order valence-corrected chi connectivity index (χ0v) is 14.9. The van der Waals surface area contributed by atoms with Gasteiger partial charge in [-0.25, -0.2) is 9.97 Å². The largest absolute Gasteiger partial charge is 0.497 e. The van der Waals surface area contributed by atoms with Gasteiger partial charge in [-0.05, 0) is 52.3 Å². The van der Waals surface area contributed by atoms with Crippen LogP contribution in [0, 0.1) is 0 Å². The molecule has 2 aromatic carbocycles.